The average molecular weight is 851 g/mol. The highest BCUT2D eigenvalue weighted by Gasteiger charge is 2.26. The average Bonchev–Trinajstić information content (AvgIpc) is 3.16. The maximum atomic E-state index is 11.9. The Balaban J connectivity index is 1.30. The molecule has 0 aliphatic heterocycles. The van der Waals surface area contributed by atoms with Crippen molar-refractivity contribution in [1.29, 1.82) is 0 Å². The molecule has 0 saturated carbocycles. The van der Waals surface area contributed by atoms with Crippen LogP contribution in [0.3, 0.4) is 0 Å². The highest BCUT2D eigenvalue weighted by molar-refractivity contribution is 8.19. The SMILES string of the molecule is COc1cc(N=Nc2c(S(O)(O)O)cc3cc(Nc4ccccc4)ccc3c2O)c(O)cc1N=Nc1ccc(C=Cc2ccc(N)cc2S(=O)(=O)O)c(S(O)(O)O)c1. The van der Waals surface area contributed by atoms with Crippen LogP contribution in [0.1, 0.15) is 11.1 Å². The van der Waals surface area contributed by atoms with E-state index in [0.717, 1.165) is 23.9 Å². The topological polar surface area (TPSA) is 313 Å². The summed E-state index contributed by atoms with van der Waals surface area (Å²) in [6, 6.07) is 25.1. The van der Waals surface area contributed by atoms with Crippen LogP contribution in [0.2, 0.25) is 0 Å². The van der Waals surface area contributed by atoms with E-state index in [1.807, 2.05) is 30.3 Å². The van der Waals surface area contributed by atoms with Crippen LogP contribution in [0.25, 0.3) is 22.9 Å². The van der Waals surface area contributed by atoms with Crippen LogP contribution < -0.4 is 15.8 Å². The predicted octanol–water partition coefficient (Wildman–Crippen LogP) is 11.0. The molecule has 21 heteroatoms. The van der Waals surface area contributed by atoms with Crippen molar-refractivity contribution >= 4 is 94.6 Å². The van der Waals surface area contributed by atoms with Crippen LogP contribution in [-0.2, 0) is 10.1 Å². The minimum Gasteiger partial charge on any atom is -0.506 e. The predicted molar refractivity (Wildman–Crippen MR) is 222 cm³/mol. The third-order valence-corrected chi connectivity index (χ3v) is 11.0. The Morgan fingerprint density at radius 2 is 1.29 bits per heavy atom. The largest absolute Gasteiger partial charge is 0.506 e. The van der Waals surface area contributed by atoms with Gasteiger partial charge in [0.05, 0.1) is 22.6 Å². The Bertz CT molecular complexity index is 2740. The fourth-order valence-corrected chi connectivity index (χ4v) is 7.69. The molecular weight excluding hydrogens is 817 g/mol. The molecule has 12 N–H and O–H groups in total. The number of nitrogens with two attached hydrogens (primary N) is 1. The van der Waals surface area contributed by atoms with E-state index in [4.69, 9.17) is 10.5 Å². The number of nitrogen functional groups attached to an aromatic ring is 1. The molecule has 0 spiro atoms. The van der Waals surface area contributed by atoms with E-state index in [1.165, 1.54) is 55.7 Å². The van der Waals surface area contributed by atoms with E-state index in [9.17, 15) is 50.5 Å². The van der Waals surface area contributed by atoms with Gasteiger partial charge in [0.1, 0.15) is 55.2 Å². The summed E-state index contributed by atoms with van der Waals surface area (Å²) in [6.07, 6.45) is 2.51. The number of hydrogen-bond acceptors (Lipinski definition) is 17. The van der Waals surface area contributed by atoms with Gasteiger partial charge in [-0.2, -0.15) is 13.5 Å². The van der Waals surface area contributed by atoms with Crippen molar-refractivity contribution in [3.8, 4) is 17.2 Å². The molecule has 0 amide bonds. The molecule has 0 unspecified atom stereocenters. The van der Waals surface area contributed by atoms with Gasteiger partial charge in [0.15, 0.2) is 5.75 Å². The molecule has 0 aromatic heterocycles. The summed E-state index contributed by atoms with van der Waals surface area (Å²) in [7, 11) is -12.2. The Hall–Kier alpha value is -6.11. The number of methoxy groups -OCH3 is 1. The van der Waals surface area contributed by atoms with Crippen molar-refractivity contribution in [3.63, 3.8) is 0 Å². The summed E-state index contributed by atoms with van der Waals surface area (Å²) in [5.41, 5.74) is 6.36. The molecule has 302 valence electrons. The minimum atomic E-state index is -4.67. The minimum absolute atomic E-state index is 0.00675. The van der Waals surface area contributed by atoms with Crippen molar-refractivity contribution < 1.29 is 55.2 Å². The third kappa shape index (κ3) is 9.53. The fraction of sp³-hybridized carbons (Fsp3) is 0.0270. The van der Waals surface area contributed by atoms with Gasteiger partial charge in [-0.05, 0) is 77.2 Å². The number of rotatable bonds is 12. The number of azo groups is 2. The van der Waals surface area contributed by atoms with Crippen LogP contribution in [0, 0.1) is 0 Å². The highest BCUT2D eigenvalue weighted by Crippen LogP contribution is 2.55. The summed E-state index contributed by atoms with van der Waals surface area (Å²) in [5.74, 6) is -1.07. The monoisotopic (exact) mass is 850 g/mol. The lowest BCUT2D eigenvalue weighted by Gasteiger charge is -2.22. The molecule has 6 aromatic carbocycles. The van der Waals surface area contributed by atoms with E-state index in [1.54, 1.807) is 18.2 Å². The molecule has 58 heavy (non-hydrogen) atoms. The van der Waals surface area contributed by atoms with Gasteiger partial charge in [0.2, 0.25) is 0 Å². The summed E-state index contributed by atoms with van der Waals surface area (Å²) < 4.78 is 100. The number of nitrogens with one attached hydrogen (secondary N) is 1. The first-order valence-corrected chi connectivity index (χ1v) is 20.8. The van der Waals surface area contributed by atoms with E-state index in [2.05, 4.69) is 25.8 Å². The highest BCUT2D eigenvalue weighted by atomic mass is 32.3. The lowest BCUT2D eigenvalue weighted by molar-refractivity contribution is 0.373. The van der Waals surface area contributed by atoms with Gasteiger partial charge in [-0.15, -0.1) is 15.3 Å². The zero-order valence-corrected chi connectivity index (χ0v) is 32.3. The zero-order valence-electron chi connectivity index (χ0n) is 29.8. The number of benzene rings is 6. The lowest BCUT2D eigenvalue weighted by Crippen LogP contribution is -2.02. The molecule has 6 rings (SSSR count). The van der Waals surface area contributed by atoms with Crippen molar-refractivity contribution in [3.05, 3.63) is 114 Å². The first kappa shape index (κ1) is 41.5. The third-order valence-electron chi connectivity index (χ3n) is 8.27. The normalized spacial score (nSPS) is 13.2. The number of phenolic OH excluding ortho intramolecular Hbond substituents is 2. The number of fused-ring (bicyclic) bond motifs is 1. The first-order chi connectivity index (χ1) is 27.3. The van der Waals surface area contributed by atoms with Crippen LogP contribution >= 0.6 is 21.7 Å². The van der Waals surface area contributed by atoms with Gasteiger partial charge in [-0.1, -0.05) is 42.5 Å². The van der Waals surface area contributed by atoms with Crippen LogP contribution in [0.4, 0.5) is 39.8 Å². The summed E-state index contributed by atoms with van der Waals surface area (Å²) in [4.78, 5) is -1.44. The maximum Gasteiger partial charge on any atom is 0.295 e. The van der Waals surface area contributed by atoms with Crippen molar-refractivity contribution in [1.82, 2.24) is 0 Å². The number of nitrogens with zero attached hydrogens (tertiary/aromatic N) is 4. The number of hydrogen-bond donors (Lipinski definition) is 11. The Morgan fingerprint density at radius 3 is 1.95 bits per heavy atom. The zero-order chi connectivity index (χ0) is 42.0. The van der Waals surface area contributed by atoms with Gasteiger partial charge >= 0.3 is 0 Å². The second kappa shape index (κ2) is 16.4. The number of anilines is 3. The number of ether oxygens (including phenoxy) is 1. The standard InChI is InChI=1S/C37H34N6O12S3/c1-55-32-20-29(41-43-36-35(58(52,53)54)16-23-15-26(13-14-28(23)37(36)45)39-25-5-3-2-4-6-25)31(44)19-30(32)42-40-27-12-10-22(34(18-27)57(49,50)51)8-7-21-9-11-24(38)17-33(21)56(46,47)48/h2-20,39,44-45,49-54H,38H2,1H3,(H,46,47,48). The van der Waals surface area contributed by atoms with E-state index in [0.29, 0.717) is 11.1 Å². The number of phenols is 2. The van der Waals surface area contributed by atoms with Crippen LogP contribution in [0.5, 0.6) is 17.2 Å². The Kier molecular flexibility index (Phi) is 11.7. The van der Waals surface area contributed by atoms with Gasteiger partial charge in [0, 0.05) is 34.6 Å². The molecule has 0 aliphatic rings. The molecule has 0 radical (unpaired) electrons. The van der Waals surface area contributed by atoms with E-state index >= 15 is 0 Å². The van der Waals surface area contributed by atoms with E-state index < -0.39 is 63.7 Å². The van der Waals surface area contributed by atoms with Crippen molar-refractivity contribution in [2.75, 3.05) is 18.2 Å². The summed E-state index contributed by atoms with van der Waals surface area (Å²) >= 11 is 0. The Labute approximate surface area is 333 Å². The number of para-hydroxylation sites is 1. The van der Waals surface area contributed by atoms with Crippen LogP contribution in [-0.4, -0.2) is 57.6 Å². The quantitative estimate of drug-likeness (QED) is 0.0236. The van der Waals surface area contributed by atoms with Gasteiger partial charge in [0.25, 0.3) is 10.1 Å². The van der Waals surface area contributed by atoms with Gasteiger partial charge in [-0.3, -0.25) is 4.55 Å². The second-order valence-electron chi connectivity index (χ2n) is 12.3. The molecule has 18 nitrogen and oxygen atoms in total. The molecule has 0 atom stereocenters. The van der Waals surface area contributed by atoms with Gasteiger partial charge < -0.3 is 53.3 Å². The van der Waals surface area contributed by atoms with E-state index in [-0.39, 0.29) is 45.0 Å². The molecular formula is C37H34N6O12S3. The molecule has 0 aliphatic carbocycles. The number of aromatic hydroxyl groups is 2. The molecule has 6 aromatic rings. The smallest absolute Gasteiger partial charge is 0.295 e. The molecule has 0 heterocycles. The molecule has 0 saturated heterocycles. The van der Waals surface area contributed by atoms with Crippen molar-refractivity contribution in [2.45, 2.75) is 14.7 Å². The fourth-order valence-electron chi connectivity index (χ4n) is 5.56. The van der Waals surface area contributed by atoms with Gasteiger partial charge in [-0.25, -0.2) is 0 Å². The maximum absolute atomic E-state index is 11.9. The molecule has 0 bridgehead atoms. The lowest BCUT2D eigenvalue weighted by atomic mass is 10.1. The first-order valence-electron chi connectivity index (χ1n) is 16.4. The Morgan fingerprint density at radius 1 is 0.638 bits per heavy atom. The second-order valence-corrected chi connectivity index (χ2v) is 16.6. The summed E-state index contributed by atoms with van der Waals surface area (Å²) in [5, 5.41) is 41.8. The summed E-state index contributed by atoms with van der Waals surface area (Å²) in [6.45, 7) is 0. The van der Waals surface area contributed by atoms with Crippen molar-refractivity contribution in [2.24, 2.45) is 20.5 Å². The van der Waals surface area contributed by atoms with Crippen LogP contribution in [0.15, 0.2) is 138 Å². The molecule has 0 fully saturated rings.